The summed E-state index contributed by atoms with van der Waals surface area (Å²) in [6.07, 6.45) is 23.7. The molecule has 216 valence electrons. The van der Waals surface area contributed by atoms with Crippen molar-refractivity contribution in [2.75, 3.05) is 0 Å². The number of allylic oxidation sites excluding steroid dienone is 4. The first-order chi connectivity index (χ1) is 18.0. The SMILES string of the molecule is CC(C)(C)c1[c-]c2c(cc1)-c1ccc(C(C)(C)C)cc1C2.[C-]1=CC=CC1.[Cl-].[Cl-].[Zr+2]=[Si](C1CCCC1)C1CCCC1. The van der Waals surface area contributed by atoms with Crippen LogP contribution < -0.4 is 24.8 Å². The summed E-state index contributed by atoms with van der Waals surface area (Å²) in [5.41, 5.74) is 11.3. The van der Waals surface area contributed by atoms with Gasteiger partial charge in [0.15, 0.2) is 0 Å². The molecule has 0 nitrogen and oxygen atoms in total. The first-order valence-corrected chi connectivity index (χ1v) is 20.4. The van der Waals surface area contributed by atoms with Gasteiger partial charge < -0.3 is 24.8 Å². The zero-order valence-corrected chi connectivity index (χ0v) is 30.6. The van der Waals surface area contributed by atoms with E-state index >= 15 is 0 Å². The van der Waals surface area contributed by atoms with Crippen LogP contribution in [0.5, 0.6) is 0 Å². The van der Waals surface area contributed by atoms with Crippen LogP contribution in [0.15, 0.2) is 48.6 Å². The number of hydrogen-bond acceptors (Lipinski definition) is 0. The van der Waals surface area contributed by atoms with Gasteiger partial charge in [-0.2, -0.15) is 29.8 Å². The molecule has 0 aromatic heterocycles. The minimum atomic E-state index is 0. The van der Waals surface area contributed by atoms with Crippen molar-refractivity contribution in [3.05, 3.63) is 83.0 Å². The van der Waals surface area contributed by atoms with Crippen molar-refractivity contribution in [2.45, 2.75) is 128 Å². The topological polar surface area (TPSA) is 0 Å². The maximum atomic E-state index is 3.67. The predicted molar refractivity (Wildman–Crippen MR) is 163 cm³/mol. The summed E-state index contributed by atoms with van der Waals surface area (Å²) < 4.78 is 0. The molecule has 0 aliphatic heterocycles. The molecule has 0 radical (unpaired) electrons. The molecule has 0 bridgehead atoms. The van der Waals surface area contributed by atoms with E-state index in [9.17, 15) is 0 Å². The fourth-order valence-electron chi connectivity index (χ4n) is 6.17. The van der Waals surface area contributed by atoms with E-state index in [2.05, 4.69) is 90.1 Å². The molecule has 4 aliphatic carbocycles. The number of rotatable bonds is 2. The molecular weight excluding hydrogens is 623 g/mol. The summed E-state index contributed by atoms with van der Waals surface area (Å²) >= 11 is 1.94. The Morgan fingerprint density at radius 3 is 1.80 bits per heavy atom. The molecule has 0 saturated heterocycles. The normalized spacial score (nSPS) is 17.6. The van der Waals surface area contributed by atoms with Gasteiger partial charge >= 0.3 is 91.2 Å². The molecule has 4 heteroatoms. The third-order valence-electron chi connectivity index (χ3n) is 8.64. The average Bonchev–Trinajstić information content (AvgIpc) is 3.70. The third kappa shape index (κ3) is 9.56. The zero-order chi connectivity index (χ0) is 27.3. The van der Waals surface area contributed by atoms with Gasteiger partial charge in [-0.3, -0.25) is 6.08 Å². The van der Waals surface area contributed by atoms with Crippen LogP contribution in [0, 0.1) is 12.1 Å². The summed E-state index contributed by atoms with van der Waals surface area (Å²) in [6.45, 7) is 13.6. The fraction of sp³-hybridized carbons (Fsp3) is 0.556. The van der Waals surface area contributed by atoms with Crippen molar-refractivity contribution in [1.29, 1.82) is 0 Å². The van der Waals surface area contributed by atoms with Crippen LogP contribution >= 0.6 is 0 Å². The van der Waals surface area contributed by atoms with E-state index in [1.54, 1.807) is 51.4 Å². The van der Waals surface area contributed by atoms with Crippen molar-refractivity contribution in [3.63, 3.8) is 0 Å². The molecule has 2 fully saturated rings. The van der Waals surface area contributed by atoms with Crippen molar-refractivity contribution in [2.24, 2.45) is 0 Å². The van der Waals surface area contributed by atoms with E-state index in [0.29, 0.717) is 0 Å². The summed E-state index contributed by atoms with van der Waals surface area (Å²) in [5.74, 6) is 0. The van der Waals surface area contributed by atoms with E-state index in [1.807, 2.05) is 35.5 Å². The zero-order valence-electron chi connectivity index (χ0n) is 25.6. The van der Waals surface area contributed by atoms with E-state index in [0.717, 1.165) is 12.8 Å². The van der Waals surface area contributed by atoms with E-state index < -0.39 is 0 Å². The van der Waals surface area contributed by atoms with Crippen LogP contribution in [0.3, 0.4) is 0 Å². The Balaban J connectivity index is 0.000000248. The van der Waals surface area contributed by atoms with E-state index in [4.69, 9.17) is 0 Å². The number of benzene rings is 2. The van der Waals surface area contributed by atoms with Crippen LogP contribution in [0.2, 0.25) is 11.1 Å². The molecule has 2 aromatic carbocycles. The quantitative estimate of drug-likeness (QED) is 0.281. The van der Waals surface area contributed by atoms with Crippen LogP contribution in [0.1, 0.15) is 122 Å². The van der Waals surface area contributed by atoms with Gasteiger partial charge in [0.25, 0.3) is 0 Å². The van der Waals surface area contributed by atoms with Crippen molar-refractivity contribution < 1.29 is 48.1 Å². The van der Waals surface area contributed by atoms with Crippen LogP contribution in [-0.2, 0) is 40.6 Å². The molecule has 0 N–H and O–H groups in total. The summed E-state index contributed by atoms with van der Waals surface area (Å²) in [7, 11) is 0. The van der Waals surface area contributed by atoms with Gasteiger partial charge in [0.05, 0.1) is 0 Å². The Morgan fingerprint density at radius 1 is 0.775 bits per heavy atom. The van der Waals surface area contributed by atoms with Crippen molar-refractivity contribution in [1.82, 2.24) is 0 Å². The number of hydrogen-bond donors (Lipinski definition) is 0. The molecule has 0 unspecified atom stereocenters. The van der Waals surface area contributed by atoms with Crippen LogP contribution in [-0.4, -0.2) is 5.43 Å². The molecule has 0 atom stereocenters. The molecule has 6 rings (SSSR count). The number of fused-ring (bicyclic) bond motifs is 3. The Labute approximate surface area is 273 Å². The maximum absolute atomic E-state index is 3.67. The van der Waals surface area contributed by atoms with Gasteiger partial charge in [0.2, 0.25) is 0 Å². The van der Waals surface area contributed by atoms with Crippen molar-refractivity contribution >= 4 is 5.43 Å². The molecule has 0 heterocycles. The van der Waals surface area contributed by atoms with Crippen LogP contribution in [0.4, 0.5) is 0 Å². The minimum absolute atomic E-state index is 0. The van der Waals surface area contributed by atoms with Crippen LogP contribution in [0.25, 0.3) is 11.1 Å². The molecule has 2 saturated carbocycles. The Morgan fingerprint density at radius 2 is 1.35 bits per heavy atom. The molecule has 0 spiro atoms. The molecular formula is C36H48Cl2SiZr-2. The van der Waals surface area contributed by atoms with Crippen molar-refractivity contribution in [3.8, 4) is 11.1 Å². The standard InChI is InChI=1S/C21H25.C10H18Si.C5H5.2ClH.Zr/c1-20(2,3)16-7-9-18-14(12-16)11-15-13-17(21(4,5)6)8-10-19(15)18;1-2-6-9(5-1)11-10-7-3-4-8-10;1-2-4-5-3-1;;;/h7-10,12H,11H2,1-6H3;9-10H,1-8H2;1-3H,4H2;2*1H;/q-1;;-1;;;+2/p-2. The Hall–Kier alpha value is -0.400. The monoisotopic (exact) mass is 668 g/mol. The summed E-state index contributed by atoms with van der Waals surface area (Å²) in [5, 5.41) is 0. The molecule has 0 amide bonds. The van der Waals surface area contributed by atoms with Gasteiger partial charge in [-0.1, -0.05) is 65.3 Å². The first-order valence-electron chi connectivity index (χ1n) is 15.0. The third-order valence-corrected chi connectivity index (χ3v) is 17.6. The number of halogens is 2. The molecule has 2 aromatic rings. The molecule has 4 aliphatic rings. The second-order valence-corrected chi connectivity index (χ2v) is 20.5. The predicted octanol–water partition coefficient (Wildman–Crippen LogP) is 4.38. The summed E-state index contributed by atoms with van der Waals surface area (Å²) in [6, 6.07) is 15.2. The van der Waals surface area contributed by atoms with Gasteiger partial charge in [0.1, 0.15) is 0 Å². The second kappa shape index (κ2) is 15.9. The Kier molecular flexibility index (Phi) is 14.2. The fourth-order valence-corrected chi connectivity index (χ4v) is 13.2. The first kappa shape index (κ1) is 35.8. The van der Waals surface area contributed by atoms with Gasteiger partial charge in [-0.05, 0) is 28.4 Å². The molecule has 40 heavy (non-hydrogen) atoms. The van der Waals surface area contributed by atoms with E-state index in [-0.39, 0.29) is 41.1 Å². The Bertz CT molecular complexity index is 1080. The van der Waals surface area contributed by atoms with Gasteiger partial charge in [-0.15, -0.1) is 17.5 Å². The van der Waals surface area contributed by atoms with Gasteiger partial charge in [0, 0.05) is 0 Å². The van der Waals surface area contributed by atoms with E-state index in [1.165, 1.54) is 44.5 Å². The second-order valence-electron chi connectivity index (χ2n) is 13.7. The summed E-state index contributed by atoms with van der Waals surface area (Å²) in [4.78, 5) is 0. The van der Waals surface area contributed by atoms with Gasteiger partial charge in [-0.25, -0.2) is 12.2 Å². The average molecular weight is 671 g/mol.